The molecule has 4 bridgehead atoms. The summed E-state index contributed by atoms with van der Waals surface area (Å²) >= 11 is 4.05. The first-order valence-corrected chi connectivity index (χ1v) is 11.2. The third-order valence-corrected chi connectivity index (χ3v) is 8.38. The molecule has 1 aromatic carbocycles. The van der Waals surface area contributed by atoms with Gasteiger partial charge in [-0.25, -0.2) is 0 Å². The van der Waals surface area contributed by atoms with Gasteiger partial charge in [-0.1, -0.05) is 15.9 Å². The second kappa shape index (κ2) is 6.40. The Morgan fingerprint density at radius 1 is 1.04 bits per heavy atom. The minimum absolute atomic E-state index is 0.0735. The first kappa shape index (κ1) is 17.8. The van der Waals surface area contributed by atoms with Gasteiger partial charge in [0.15, 0.2) is 0 Å². The van der Waals surface area contributed by atoms with E-state index >= 15 is 0 Å². The van der Waals surface area contributed by atoms with E-state index in [-0.39, 0.29) is 9.74 Å². The lowest BCUT2D eigenvalue weighted by Crippen LogP contribution is -2.61. The van der Waals surface area contributed by atoms with Crippen LogP contribution in [0, 0.1) is 17.3 Å². The van der Waals surface area contributed by atoms with Crippen LogP contribution in [0.1, 0.15) is 38.5 Å². The highest BCUT2D eigenvalue weighted by Crippen LogP contribution is 2.64. The maximum Gasteiger partial charge on any atom is 0.228 e. The molecule has 27 heavy (non-hydrogen) atoms. The van der Waals surface area contributed by atoms with Gasteiger partial charge in [-0.2, -0.15) is 0 Å². The summed E-state index contributed by atoms with van der Waals surface area (Å²) in [7, 11) is 1.70. The van der Waals surface area contributed by atoms with E-state index in [2.05, 4.69) is 37.9 Å². The van der Waals surface area contributed by atoms with E-state index in [1.54, 1.807) is 7.11 Å². The van der Waals surface area contributed by atoms with Gasteiger partial charge in [0.1, 0.15) is 5.75 Å². The van der Waals surface area contributed by atoms with Gasteiger partial charge in [0, 0.05) is 36.2 Å². The average Bonchev–Trinajstić information content (AvgIpc) is 2.66. The Morgan fingerprint density at radius 2 is 1.67 bits per heavy atom. The molecule has 0 unspecified atom stereocenters. The molecule has 1 heterocycles. The Hall–Kier alpha value is -1.23. The molecular formula is C22H29BrN2O2. The Bertz CT molecular complexity index is 712. The summed E-state index contributed by atoms with van der Waals surface area (Å²) in [4.78, 5) is 18.1. The Kier molecular flexibility index (Phi) is 4.23. The lowest BCUT2D eigenvalue weighted by atomic mass is 9.49. The summed E-state index contributed by atoms with van der Waals surface area (Å²) in [5, 5.41) is 0. The van der Waals surface area contributed by atoms with Crippen molar-refractivity contribution in [2.75, 3.05) is 38.2 Å². The number of amides is 1. The van der Waals surface area contributed by atoms with Crippen molar-refractivity contribution in [2.45, 2.75) is 42.8 Å². The Balaban J connectivity index is 1.26. The van der Waals surface area contributed by atoms with Crippen LogP contribution < -0.4 is 9.64 Å². The number of anilines is 1. The van der Waals surface area contributed by atoms with Gasteiger partial charge in [0.2, 0.25) is 5.91 Å². The zero-order valence-corrected chi connectivity index (χ0v) is 17.7. The van der Waals surface area contributed by atoms with Crippen LogP contribution >= 0.6 is 15.9 Å². The zero-order chi connectivity index (χ0) is 18.6. The number of benzene rings is 1. The van der Waals surface area contributed by atoms with Gasteiger partial charge < -0.3 is 14.5 Å². The summed E-state index contributed by atoms with van der Waals surface area (Å²) in [6, 6.07) is 8.25. The number of ether oxygens (including phenoxy) is 1. The highest BCUT2D eigenvalue weighted by molar-refractivity contribution is 9.10. The molecule has 0 radical (unpaired) electrons. The number of hydrogen-bond acceptors (Lipinski definition) is 3. The monoisotopic (exact) mass is 432 g/mol. The largest absolute Gasteiger partial charge is 0.497 e. The fourth-order valence-corrected chi connectivity index (χ4v) is 8.15. The zero-order valence-electron chi connectivity index (χ0n) is 16.1. The number of carbonyl (C=O) groups excluding carboxylic acids is 1. The molecule has 5 heteroatoms. The Morgan fingerprint density at radius 3 is 2.22 bits per heavy atom. The van der Waals surface area contributed by atoms with E-state index in [4.69, 9.17) is 4.74 Å². The molecule has 1 saturated heterocycles. The number of hydrogen-bond donors (Lipinski definition) is 0. The van der Waals surface area contributed by atoms with Crippen LogP contribution in [0.2, 0.25) is 0 Å². The number of piperazine rings is 1. The van der Waals surface area contributed by atoms with E-state index in [1.165, 1.54) is 24.9 Å². The van der Waals surface area contributed by atoms with Gasteiger partial charge in [0.25, 0.3) is 0 Å². The van der Waals surface area contributed by atoms with E-state index in [9.17, 15) is 4.79 Å². The maximum atomic E-state index is 13.6. The molecule has 5 aliphatic rings. The van der Waals surface area contributed by atoms with Crippen molar-refractivity contribution < 1.29 is 9.53 Å². The lowest BCUT2D eigenvalue weighted by molar-refractivity contribution is -0.155. The van der Waals surface area contributed by atoms with Crippen LogP contribution in [-0.2, 0) is 4.79 Å². The minimum Gasteiger partial charge on any atom is -0.497 e. The first-order chi connectivity index (χ1) is 13.0. The number of rotatable bonds is 3. The predicted molar refractivity (Wildman–Crippen MR) is 111 cm³/mol. The summed E-state index contributed by atoms with van der Waals surface area (Å²) in [5.74, 6) is 2.86. The smallest absolute Gasteiger partial charge is 0.228 e. The average molecular weight is 433 g/mol. The molecule has 4 nitrogen and oxygen atoms in total. The lowest BCUT2D eigenvalue weighted by Gasteiger charge is -2.60. The van der Waals surface area contributed by atoms with Gasteiger partial charge in [-0.05, 0) is 74.6 Å². The molecule has 1 amide bonds. The van der Waals surface area contributed by atoms with Crippen molar-refractivity contribution in [3.05, 3.63) is 24.3 Å². The van der Waals surface area contributed by atoms with Crippen LogP contribution in [0.15, 0.2) is 24.3 Å². The molecule has 0 N–H and O–H groups in total. The van der Waals surface area contributed by atoms with Gasteiger partial charge in [-0.15, -0.1) is 0 Å². The fraction of sp³-hybridized carbons (Fsp3) is 0.682. The van der Waals surface area contributed by atoms with Crippen molar-refractivity contribution in [1.29, 1.82) is 0 Å². The number of nitrogens with zero attached hydrogens (tertiary/aromatic N) is 2. The molecule has 0 spiro atoms. The van der Waals surface area contributed by atoms with Gasteiger partial charge in [0.05, 0.1) is 12.5 Å². The number of methoxy groups -OCH3 is 1. The van der Waals surface area contributed by atoms with Crippen LogP contribution in [0.25, 0.3) is 0 Å². The highest BCUT2D eigenvalue weighted by Gasteiger charge is 2.60. The second-order valence-corrected chi connectivity index (χ2v) is 11.1. The van der Waals surface area contributed by atoms with Crippen LogP contribution in [0.4, 0.5) is 5.69 Å². The first-order valence-electron chi connectivity index (χ1n) is 10.4. The van der Waals surface area contributed by atoms with Crippen molar-refractivity contribution >= 4 is 27.5 Å². The minimum atomic E-state index is -0.0735. The van der Waals surface area contributed by atoms with E-state index < -0.39 is 0 Å². The molecule has 1 aliphatic heterocycles. The quantitative estimate of drug-likeness (QED) is 0.674. The van der Waals surface area contributed by atoms with Crippen molar-refractivity contribution in [1.82, 2.24) is 4.90 Å². The predicted octanol–water partition coefficient (Wildman–Crippen LogP) is 4.08. The fourth-order valence-electron chi connectivity index (χ4n) is 6.70. The van der Waals surface area contributed by atoms with E-state index in [0.29, 0.717) is 5.91 Å². The molecule has 2 atom stereocenters. The third-order valence-electron chi connectivity index (χ3n) is 7.45. The van der Waals surface area contributed by atoms with Crippen LogP contribution in [0.5, 0.6) is 5.75 Å². The van der Waals surface area contributed by atoms with Crippen molar-refractivity contribution in [3.8, 4) is 5.75 Å². The summed E-state index contributed by atoms with van der Waals surface area (Å²) in [5.41, 5.74) is 1.15. The molecule has 4 aliphatic carbocycles. The topological polar surface area (TPSA) is 32.8 Å². The van der Waals surface area contributed by atoms with Gasteiger partial charge in [-0.3, -0.25) is 4.79 Å². The number of alkyl halides is 1. The number of carbonyl (C=O) groups is 1. The number of halogens is 1. The van der Waals surface area contributed by atoms with Crippen LogP contribution in [-0.4, -0.2) is 48.4 Å². The molecule has 146 valence electrons. The van der Waals surface area contributed by atoms with Gasteiger partial charge >= 0.3 is 0 Å². The van der Waals surface area contributed by atoms with E-state index in [1.807, 2.05) is 12.1 Å². The molecule has 0 aromatic heterocycles. The normalized spacial score (nSPS) is 37.6. The van der Waals surface area contributed by atoms with Crippen molar-refractivity contribution in [3.63, 3.8) is 0 Å². The third kappa shape index (κ3) is 3.06. The van der Waals surface area contributed by atoms with Crippen LogP contribution in [0.3, 0.4) is 0 Å². The molecule has 6 rings (SSSR count). The molecule has 1 aromatic rings. The maximum absolute atomic E-state index is 13.6. The Labute approximate surface area is 170 Å². The summed E-state index contributed by atoms with van der Waals surface area (Å²) < 4.78 is 5.50. The SMILES string of the molecule is COc1ccc(N2CCN(C(=O)C34C[C@@H]5C[C@H](CC(Br)(C5)C3)C4)CC2)cc1. The highest BCUT2D eigenvalue weighted by atomic mass is 79.9. The standard InChI is InChI=1S/C22H29BrN2O2/c1-27-19-4-2-18(3-5-19)24-6-8-25(9-7-24)20(26)21-11-16-10-17(12-21)14-22(23,13-16)15-21/h2-5,16-17H,6-15H2,1H3/t16-,17-,21?,22?/m0/s1. The van der Waals surface area contributed by atoms with E-state index in [0.717, 1.165) is 63.0 Å². The second-order valence-electron chi connectivity index (χ2n) is 9.37. The molecule has 5 fully saturated rings. The molecular weight excluding hydrogens is 404 g/mol. The summed E-state index contributed by atoms with van der Waals surface area (Å²) in [6.45, 7) is 3.52. The molecule has 4 saturated carbocycles. The van der Waals surface area contributed by atoms with Crippen molar-refractivity contribution in [2.24, 2.45) is 17.3 Å². The summed E-state index contributed by atoms with van der Waals surface area (Å²) in [6.07, 6.45) is 7.24.